The van der Waals surface area contributed by atoms with E-state index in [0.29, 0.717) is 19.0 Å². The number of hydrogen-bond donors (Lipinski definition) is 1. The van der Waals surface area contributed by atoms with Crippen molar-refractivity contribution >= 4 is 23.4 Å². The number of benzene rings is 2. The molecule has 2 aromatic rings. The van der Waals surface area contributed by atoms with E-state index in [-0.39, 0.29) is 29.2 Å². The molecule has 0 aromatic heterocycles. The predicted molar refractivity (Wildman–Crippen MR) is 162 cm³/mol. The Morgan fingerprint density at radius 3 is 2.25 bits per heavy atom. The molecule has 2 aliphatic heterocycles. The summed E-state index contributed by atoms with van der Waals surface area (Å²) in [5, 5.41) is 4.02. The standard InChI is InChI=1S/C33H45ClN4O2/c1-25(2)37-22-29(27-11-13-28(34)14-12-27)30(23-37)32(40)36-17-19-38(20-18-36)33(15-7-4-8-16-33)24-35-31(39)21-26-9-5-3-6-10-26/h3,5-6,9-14,25,29-30H,4,7-8,15-24H2,1-2H3,(H,35,39)/t29-,30+/m0/s1. The fraction of sp³-hybridized carbons (Fsp3) is 0.576. The van der Waals surface area contributed by atoms with Crippen LogP contribution in [0.15, 0.2) is 54.6 Å². The van der Waals surface area contributed by atoms with Gasteiger partial charge in [0.15, 0.2) is 0 Å². The number of carbonyl (C=O) groups excluding carboxylic acids is 2. The zero-order valence-electron chi connectivity index (χ0n) is 24.2. The van der Waals surface area contributed by atoms with Gasteiger partial charge in [-0.05, 0) is 49.9 Å². The number of nitrogens with zero attached hydrogens (tertiary/aromatic N) is 3. The predicted octanol–water partition coefficient (Wildman–Crippen LogP) is 4.97. The van der Waals surface area contributed by atoms with Crippen LogP contribution in [-0.2, 0) is 16.0 Å². The van der Waals surface area contributed by atoms with Crippen LogP contribution >= 0.6 is 11.6 Å². The third kappa shape index (κ3) is 6.72. The highest BCUT2D eigenvalue weighted by molar-refractivity contribution is 6.30. The van der Waals surface area contributed by atoms with E-state index in [9.17, 15) is 9.59 Å². The van der Waals surface area contributed by atoms with E-state index in [1.54, 1.807) is 0 Å². The van der Waals surface area contributed by atoms with Crippen LogP contribution < -0.4 is 5.32 Å². The molecule has 0 unspecified atom stereocenters. The second-order valence-electron chi connectivity index (χ2n) is 12.3. The maximum Gasteiger partial charge on any atom is 0.227 e. The van der Waals surface area contributed by atoms with Crippen molar-refractivity contribution in [2.75, 3.05) is 45.8 Å². The van der Waals surface area contributed by atoms with Crippen molar-refractivity contribution in [2.45, 2.75) is 69.9 Å². The van der Waals surface area contributed by atoms with Crippen LogP contribution in [0.25, 0.3) is 0 Å². The number of piperazine rings is 1. The molecule has 1 saturated carbocycles. The smallest absolute Gasteiger partial charge is 0.227 e. The first-order valence-electron chi connectivity index (χ1n) is 15.2. The summed E-state index contributed by atoms with van der Waals surface area (Å²) in [4.78, 5) is 33.9. The van der Waals surface area contributed by atoms with Crippen molar-refractivity contribution in [3.8, 4) is 0 Å². The van der Waals surface area contributed by atoms with Crippen LogP contribution in [-0.4, -0.2) is 83.9 Å². The Morgan fingerprint density at radius 2 is 1.60 bits per heavy atom. The summed E-state index contributed by atoms with van der Waals surface area (Å²) in [7, 11) is 0. The van der Waals surface area contributed by atoms with Crippen LogP contribution in [0.4, 0.5) is 0 Å². The summed E-state index contributed by atoms with van der Waals surface area (Å²) in [6, 6.07) is 18.4. The molecule has 0 radical (unpaired) electrons. The lowest BCUT2D eigenvalue weighted by atomic mass is 9.79. The molecule has 2 aromatic carbocycles. The van der Waals surface area contributed by atoms with Gasteiger partial charge in [0.1, 0.15) is 0 Å². The van der Waals surface area contributed by atoms with E-state index < -0.39 is 0 Å². The van der Waals surface area contributed by atoms with Crippen LogP contribution in [0.5, 0.6) is 0 Å². The zero-order valence-corrected chi connectivity index (χ0v) is 24.9. The lowest BCUT2D eigenvalue weighted by Crippen LogP contribution is -2.63. The minimum atomic E-state index is -0.0314. The molecule has 2 saturated heterocycles. The van der Waals surface area contributed by atoms with Gasteiger partial charge in [-0.3, -0.25) is 19.4 Å². The van der Waals surface area contributed by atoms with Gasteiger partial charge >= 0.3 is 0 Å². The maximum atomic E-state index is 14.0. The molecule has 2 amide bonds. The van der Waals surface area contributed by atoms with E-state index in [0.717, 1.165) is 62.7 Å². The molecule has 0 spiro atoms. The molecular formula is C33H45ClN4O2. The van der Waals surface area contributed by atoms with Gasteiger partial charge in [0.2, 0.25) is 11.8 Å². The lowest BCUT2D eigenvalue weighted by molar-refractivity contribution is -0.138. The van der Waals surface area contributed by atoms with E-state index in [4.69, 9.17) is 11.6 Å². The third-order valence-electron chi connectivity index (χ3n) is 9.56. The Balaban J connectivity index is 1.22. The molecule has 40 heavy (non-hydrogen) atoms. The zero-order chi connectivity index (χ0) is 28.1. The van der Waals surface area contributed by atoms with E-state index >= 15 is 0 Å². The minimum absolute atomic E-state index is 0.00657. The van der Waals surface area contributed by atoms with E-state index in [1.807, 2.05) is 42.5 Å². The molecule has 7 heteroatoms. The van der Waals surface area contributed by atoms with Gasteiger partial charge < -0.3 is 10.2 Å². The average Bonchev–Trinajstić information content (AvgIpc) is 3.43. The molecule has 2 atom stereocenters. The first-order valence-corrected chi connectivity index (χ1v) is 15.6. The Labute approximate surface area is 245 Å². The number of amides is 2. The van der Waals surface area contributed by atoms with Crippen LogP contribution in [0, 0.1) is 5.92 Å². The fourth-order valence-electron chi connectivity index (χ4n) is 7.11. The van der Waals surface area contributed by atoms with Crippen LogP contribution in [0.3, 0.4) is 0 Å². The van der Waals surface area contributed by atoms with Gasteiger partial charge in [-0.2, -0.15) is 0 Å². The molecule has 0 bridgehead atoms. The normalized spacial score (nSPS) is 23.9. The van der Waals surface area contributed by atoms with Gasteiger partial charge in [0.25, 0.3) is 0 Å². The van der Waals surface area contributed by atoms with Gasteiger partial charge in [-0.25, -0.2) is 0 Å². The topological polar surface area (TPSA) is 55.9 Å². The van der Waals surface area contributed by atoms with Crippen molar-refractivity contribution in [1.82, 2.24) is 20.0 Å². The molecule has 5 rings (SSSR count). The van der Waals surface area contributed by atoms with Crippen molar-refractivity contribution < 1.29 is 9.59 Å². The summed E-state index contributed by atoms with van der Waals surface area (Å²) < 4.78 is 0. The monoisotopic (exact) mass is 564 g/mol. The Morgan fingerprint density at radius 1 is 0.925 bits per heavy atom. The first-order chi connectivity index (χ1) is 19.3. The second kappa shape index (κ2) is 13.1. The van der Waals surface area contributed by atoms with Crippen molar-refractivity contribution in [3.05, 3.63) is 70.7 Å². The number of hydrogen-bond acceptors (Lipinski definition) is 4. The quantitative estimate of drug-likeness (QED) is 0.492. The van der Waals surface area contributed by atoms with Crippen molar-refractivity contribution in [1.29, 1.82) is 0 Å². The molecular weight excluding hydrogens is 520 g/mol. The highest BCUT2D eigenvalue weighted by Crippen LogP contribution is 2.37. The number of rotatable bonds is 8. The highest BCUT2D eigenvalue weighted by atomic mass is 35.5. The SMILES string of the molecule is CC(C)N1C[C@@H](C(=O)N2CCN(C3(CNC(=O)Cc4ccccc4)CCCCC3)CC2)[C@H](c2ccc(Cl)cc2)C1. The number of halogens is 1. The molecule has 3 aliphatic rings. The number of likely N-dealkylation sites (tertiary alicyclic amines) is 1. The Kier molecular flexibility index (Phi) is 9.49. The second-order valence-corrected chi connectivity index (χ2v) is 12.8. The summed E-state index contributed by atoms with van der Waals surface area (Å²) in [6.07, 6.45) is 6.29. The summed E-state index contributed by atoms with van der Waals surface area (Å²) in [5.74, 6) is 0.538. The van der Waals surface area contributed by atoms with Crippen LogP contribution in [0.1, 0.15) is 63.0 Å². The number of nitrogens with one attached hydrogen (secondary N) is 1. The van der Waals surface area contributed by atoms with Gasteiger partial charge in [-0.15, -0.1) is 0 Å². The fourth-order valence-corrected chi connectivity index (χ4v) is 7.24. The molecule has 1 aliphatic carbocycles. The molecule has 3 fully saturated rings. The molecule has 2 heterocycles. The molecule has 216 valence electrons. The van der Waals surface area contributed by atoms with Crippen molar-refractivity contribution in [3.63, 3.8) is 0 Å². The van der Waals surface area contributed by atoms with E-state index in [1.165, 1.54) is 24.8 Å². The highest BCUT2D eigenvalue weighted by Gasteiger charge is 2.44. The van der Waals surface area contributed by atoms with Gasteiger partial charge in [-0.1, -0.05) is 73.3 Å². The maximum absolute atomic E-state index is 14.0. The average molecular weight is 565 g/mol. The van der Waals surface area contributed by atoms with Crippen LogP contribution in [0.2, 0.25) is 5.02 Å². The molecule has 6 nitrogen and oxygen atoms in total. The lowest BCUT2D eigenvalue weighted by Gasteiger charge is -2.50. The summed E-state index contributed by atoms with van der Waals surface area (Å²) in [6.45, 7) is 10.1. The summed E-state index contributed by atoms with van der Waals surface area (Å²) in [5.41, 5.74) is 2.24. The largest absolute Gasteiger partial charge is 0.354 e. The van der Waals surface area contributed by atoms with E-state index in [2.05, 4.69) is 46.0 Å². The molecule has 1 N–H and O–H groups in total. The third-order valence-corrected chi connectivity index (χ3v) is 9.81. The summed E-state index contributed by atoms with van der Waals surface area (Å²) >= 11 is 6.17. The Bertz CT molecular complexity index is 1120. The minimum Gasteiger partial charge on any atom is -0.354 e. The van der Waals surface area contributed by atoms with Gasteiger partial charge in [0, 0.05) is 68.3 Å². The first kappa shape index (κ1) is 29.1. The van der Waals surface area contributed by atoms with Crippen molar-refractivity contribution in [2.24, 2.45) is 5.92 Å². The Hall–Kier alpha value is -2.41. The number of carbonyl (C=O) groups is 2. The van der Waals surface area contributed by atoms with Gasteiger partial charge in [0.05, 0.1) is 12.3 Å².